The highest BCUT2D eigenvalue weighted by Gasteiger charge is 2.19. The second kappa shape index (κ2) is 9.39. The smallest absolute Gasteiger partial charge is 0.309 e. The summed E-state index contributed by atoms with van der Waals surface area (Å²) in [5.41, 5.74) is 0. The van der Waals surface area contributed by atoms with Gasteiger partial charge < -0.3 is 19.7 Å². The molecule has 1 N–H and O–H groups in total. The number of likely N-dealkylation sites (N-methyl/N-ethyl adjacent to an activating group) is 1. The van der Waals surface area contributed by atoms with Crippen LogP contribution in [0.15, 0.2) is 0 Å². The molecule has 0 aliphatic heterocycles. The largest absolute Gasteiger partial charge is 0.469 e. The fourth-order valence-corrected chi connectivity index (χ4v) is 1.27. The number of rotatable bonds is 9. The quantitative estimate of drug-likeness (QED) is 0.470. The molecule has 0 aromatic rings. The molecule has 5 heteroatoms. The van der Waals surface area contributed by atoms with Crippen molar-refractivity contribution < 1.29 is 14.3 Å². The molecule has 0 heterocycles. The van der Waals surface area contributed by atoms with E-state index in [-0.39, 0.29) is 17.9 Å². The SMILES string of the molecule is COC(=O)C(C)C(C)NCCOCCN(C)C. The minimum absolute atomic E-state index is 0.0971. The molecule has 0 aliphatic carbocycles. The van der Waals surface area contributed by atoms with Gasteiger partial charge in [-0.1, -0.05) is 6.92 Å². The van der Waals surface area contributed by atoms with Gasteiger partial charge in [0.05, 0.1) is 26.2 Å². The van der Waals surface area contributed by atoms with E-state index in [1.165, 1.54) is 7.11 Å². The molecule has 0 rings (SSSR count). The molecule has 2 atom stereocenters. The number of carbonyl (C=O) groups excluding carboxylic acids is 1. The van der Waals surface area contributed by atoms with Crippen LogP contribution in [-0.2, 0) is 14.3 Å². The maximum absolute atomic E-state index is 11.3. The van der Waals surface area contributed by atoms with Gasteiger partial charge in [0.2, 0.25) is 0 Å². The fourth-order valence-electron chi connectivity index (χ4n) is 1.27. The van der Waals surface area contributed by atoms with Gasteiger partial charge in [-0.15, -0.1) is 0 Å². The van der Waals surface area contributed by atoms with E-state index in [4.69, 9.17) is 4.74 Å². The molecule has 17 heavy (non-hydrogen) atoms. The van der Waals surface area contributed by atoms with Crippen LogP contribution in [-0.4, -0.2) is 64.4 Å². The molecular weight excluding hydrogens is 220 g/mol. The summed E-state index contributed by atoms with van der Waals surface area (Å²) < 4.78 is 10.1. The highest BCUT2D eigenvalue weighted by Crippen LogP contribution is 2.03. The van der Waals surface area contributed by atoms with Gasteiger partial charge in [-0.3, -0.25) is 4.79 Å². The fraction of sp³-hybridized carbons (Fsp3) is 0.917. The number of nitrogens with one attached hydrogen (secondary N) is 1. The maximum atomic E-state index is 11.3. The lowest BCUT2D eigenvalue weighted by Gasteiger charge is -2.19. The zero-order chi connectivity index (χ0) is 13.3. The molecule has 0 bridgehead atoms. The van der Waals surface area contributed by atoms with E-state index in [1.807, 2.05) is 27.9 Å². The van der Waals surface area contributed by atoms with Gasteiger partial charge >= 0.3 is 5.97 Å². The highest BCUT2D eigenvalue weighted by atomic mass is 16.5. The first-order chi connectivity index (χ1) is 7.99. The van der Waals surface area contributed by atoms with Crippen molar-refractivity contribution >= 4 is 5.97 Å². The number of hydrogen-bond donors (Lipinski definition) is 1. The van der Waals surface area contributed by atoms with E-state index in [2.05, 4.69) is 15.0 Å². The Hall–Kier alpha value is -0.650. The summed E-state index contributed by atoms with van der Waals surface area (Å²) in [6.45, 7) is 6.89. The minimum Gasteiger partial charge on any atom is -0.469 e. The number of carbonyl (C=O) groups is 1. The van der Waals surface area contributed by atoms with E-state index in [1.54, 1.807) is 0 Å². The lowest BCUT2D eigenvalue weighted by Crippen LogP contribution is -2.38. The van der Waals surface area contributed by atoms with Crippen molar-refractivity contribution in [1.29, 1.82) is 0 Å². The Morgan fingerprint density at radius 1 is 1.29 bits per heavy atom. The number of methoxy groups -OCH3 is 1. The monoisotopic (exact) mass is 246 g/mol. The van der Waals surface area contributed by atoms with Crippen LogP contribution < -0.4 is 5.32 Å². The van der Waals surface area contributed by atoms with Crippen LogP contribution in [0.3, 0.4) is 0 Å². The second-order valence-corrected chi connectivity index (χ2v) is 4.47. The summed E-state index contributed by atoms with van der Waals surface area (Å²) >= 11 is 0. The zero-order valence-corrected chi connectivity index (χ0v) is 11.7. The van der Waals surface area contributed by atoms with E-state index in [0.717, 1.165) is 19.7 Å². The van der Waals surface area contributed by atoms with Gasteiger partial charge in [-0.05, 0) is 21.0 Å². The number of hydrogen-bond acceptors (Lipinski definition) is 5. The summed E-state index contributed by atoms with van der Waals surface area (Å²) in [6.07, 6.45) is 0. The molecule has 0 saturated carbocycles. The number of nitrogens with zero attached hydrogens (tertiary/aromatic N) is 1. The average molecular weight is 246 g/mol. The first-order valence-corrected chi connectivity index (χ1v) is 6.02. The van der Waals surface area contributed by atoms with Crippen molar-refractivity contribution in [2.45, 2.75) is 19.9 Å². The van der Waals surface area contributed by atoms with Crippen LogP contribution in [0.25, 0.3) is 0 Å². The average Bonchev–Trinajstić information content (AvgIpc) is 2.30. The van der Waals surface area contributed by atoms with E-state index < -0.39 is 0 Å². The molecular formula is C12H26N2O3. The Morgan fingerprint density at radius 3 is 2.47 bits per heavy atom. The molecule has 0 amide bonds. The Morgan fingerprint density at radius 2 is 1.94 bits per heavy atom. The molecule has 0 saturated heterocycles. The standard InChI is InChI=1S/C12H26N2O3/c1-10(12(15)16-5)11(2)13-6-8-17-9-7-14(3)4/h10-11,13H,6-9H2,1-5H3. The Balaban J connectivity index is 3.51. The molecule has 0 radical (unpaired) electrons. The van der Waals surface area contributed by atoms with Crippen LogP contribution in [0.1, 0.15) is 13.8 Å². The lowest BCUT2D eigenvalue weighted by molar-refractivity contribution is -0.145. The second-order valence-electron chi connectivity index (χ2n) is 4.47. The summed E-state index contributed by atoms with van der Waals surface area (Å²) in [7, 11) is 5.44. The third kappa shape index (κ3) is 8.12. The van der Waals surface area contributed by atoms with E-state index in [0.29, 0.717) is 6.61 Å². The van der Waals surface area contributed by atoms with Crippen molar-refractivity contribution in [2.24, 2.45) is 5.92 Å². The van der Waals surface area contributed by atoms with Crippen molar-refractivity contribution in [3.8, 4) is 0 Å². The molecule has 0 aliphatic rings. The predicted octanol–water partition coefficient (Wildman–Crippen LogP) is 0.352. The van der Waals surface area contributed by atoms with E-state index >= 15 is 0 Å². The van der Waals surface area contributed by atoms with Crippen molar-refractivity contribution in [3.05, 3.63) is 0 Å². The van der Waals surface area contributed by atoms with Gasteiger partial charge in [0, 0.05) is 19.1 Å². The molecule has 2 unspecified atom stereocenters. The minimum atomic E-state index is -0.182. The first kappa shape index (κ1) is 16.4. The molecule has 102 valence electrons. The topological polar surface area (TPSA) is 50.8 Å². The van der Waals surface area contributed by atoms with Gasteiger partial charge in [-0.25, -0.2) is 0 Å². The summed E-state index contributed by atoms with van der Waals surface area (Å²) in [4.78, 5) is 13.3. The Labute approximate surface area is 104 Å². The van der Waals surface area contributed by atoms with Gasteiger partial charge in [-0.2, -0.15) is 0 Å². The third-order valence-electron chi connectivity index (χ3n) is 2.72. The van der Waals surface area contributed by atoms with E-state index in [9.17, 15) is 4.79 Å². The molecule has 0 fully saturated rings. The Bertz CT molecular complexity index is 210. The van der Waals surface area contributed by atoms with Gasteiger partial charge in [0.25, 0.3) is 0 Å². The summed E-state index contributed by atoms with van der Waals surface area (Å²) in [6, 6.07) is 0.0971. The van der Waals surface area contributed by atoms with Crippen LogP contribution in [0.4, 0.5) is 0 Å². The van der Waals surface area contributed by atoms with Crippen LogP contribution in [0, 0.1) is 5.92 Å². The molecule has 0 aromatic carbocycles. The van der Waals surface area contributed by atoms with Crippen molar-refractivity contribution in [3.63, 3.8) is 0 Å². The number of ether oxygens (including phenoxy) is 2. The predicted molar refractivity (Wildman–Crippen MR) is 68.0 cm³/mol. The third-order valence-corrected chi connectivity index (χ3v) is 2.72. The van der Waals surface area contributed by atoms with Crippen LogP contribution in [0.2, 0.25) is 0 Å². The van der Waals surface area contributed by atoms with Gasteiger partial charge in [0.1, 0.15) is 0 Å². The lowest BCUT2D eigenvalue weighted by atomic mass is 10.0. The first-order valence-electron chi connectivity index (χ1n) is 6.02. The Kier molecular flexibility index (Phi) is 9.03. The summed E-state index contributed by atoms with van der Waals surface area (Å²) in [5, 5.41) is 3.25. The van der Waals surface area contributed by atoms with Gasteiger partial charge in [0.15, 0.2) is 0 Å². The molecule has 0 spiro atoms. The van der Waals surface area contributed by atoms with Crippen LogP contribution >= 0.6 is 0 Å². The van der Waals surface area contributed by atoms with Crippen molar-refractivity contribution in [2.75, 3.05) is 47.5 Å². The summed E-state index contributed by atoms with van der Waals surface area (Å²) in [5.74, 6) is -0.319. The van der Waals surface area contributed by atoms with Crippen molar-refractivity contribution in [1.82, 2.24) is 10.2 Å². The maximum Gasteiger partial charge on any atom is 0.309 e. The van der Waals surface area contributed by atoms with Crippen LogP contribution in [0.5, 0.6) is 0 Å². The normalized spacial score (nSPS) is 14.7. The highest BCUT2D eigenvalue weighted by molar-refractivity contribution is 5.72. The zero-order valence-electron chi connectivity index (χ0n) is 11.7. The molecule has 0 aromatic heterocycles. The number of esters is 1. The molecule has 5 nitrogen and oxygen atoms in total.